The van der Waals surface area contributed by atoms with E-state index in [0.29, 0.717) is 62.3 Å². The number of nitrogens with zero attached hydrogens (tertiary/aromatic N) is 4. The van der Waals surface area contributed by atoms with Crippen LogP contribution in [0, 0.1) is 12.7 Å². The van der Waals surface area contributed by atoms with Gasteiger partial charge < -0.3 is 14.7 Å². The van der Waals surface area contributed by atoms with Crippen LogP contribution in [-0.2, 0) is 17.1 Å². The highest BCUT2D eigenvalue weighted by Crippen LogP contribution is 2.40. The monoisotopic (exact) mass is 652 g/mol. The molecule has 2 aliphatic heterocycles. The molecule has 0 radical (unpaired) electrons. The highest BCUT2D eigenvalue weighted by atomic mass is 35.5. The molecule has 244 valence electrons. The number of carbonyl (C=O) groups is 2. The van der Waals surface area contributed by atoms with Crippen LogP contribution in [0.4, 0.5) is 35.5 Å². The Balaban J connectivity index is 0.00000529. The number of urea groups is 1. The van der Waals surface area contributed by atoms with Gasteiger partial charge in [-0.25, -0.2) is 9.18 Å². The van der Waals surface area contributed by atoms with Crippen molar-refractivity contribution in [3.8, 4) is 0 Å². The van der Waals surface area contributed by atoms with Crippen LogP contribution in [0.5, 0.6) is 0 Å². The minimum Gasteiger partial charge on any atom is -0.340 e. The van der Waals surface area contributed by atoms with Crippen molar-refractivity contribution < 1.29 is 40.3 Å². The molecule has 0 bridgehead atoms. The fraction of sp³-hybridized carbons (Fsp3) is 0.533. The average Bonchev–Trinajstić information content (AvgIpc) is 2.94. The number of piperazine rings is 1. The summed E-state index contributed by atoms with van der Waals surface area (Å²) in [5.41, 5.74) is -1.87. The molecule has 0 saturated carbocycles. The van der Waals surface area contributed by atoms with Gasteiger partial charge in [0.05, 0.1) is 23.2 Å². The predicted octanol–water partition coefficient (Wildman–Crippen LogP) is 7.08. The van der Waals surface area contributed by atoms with Gasteiger partial charge in [-0.05, 0) is 73.7 Å². The normalized spacial score (nSPS) is 20.6. The van der Waals surface area contributed by atoms with Crippen molar-refractivity contribution in [1.29, 1.82) is 0 Å². The van der Waals surface area contributed by atoms with Crippen molar-refractivity contribution in [2.24, 2.45) is 0 Å². The van der Waals surface area contributed by atoms with Gasteiger partial charge in [-0.1, -0.05) is 6.07 Å². The summed E-state index contributed by atoms with van der Waals surface area (Å²) in [5.74, 6) is -0.442. The number of likely N-dealkylation sites (tertiary alicyclic amines) is 1. The number of carbonyl (C=O) groups excluding carboxylic acids is 2. The fourth-order valence-electron chi connectivity index (χ4n) is 6.03. The molecule has 0 N–H and O–H groups in total. The lowest BCUT2D eigenvalue weighted by Gasteiger charge is -2.47. The molecule has 2 aliphatic rings. The first-order valence-corrected chi connectivity index (χ1v) is 14.1. The molecule has 0 unspecified atom stereocenters. The Morgan fingerprint density at radius 3 is 1.98 bits per heavy atom. The van der Waals surface area contributed by atoms with Gasteiger partial charge in [0, 0.05) is 52.7 Å². The van der Waals surface area contributed by atoms with Crippen molar-refractivity contribution in [1.82, 2.24) is 19.6 Å². The van der Waals surface area contributed by atoms with Crippen molar-refractivity contribution >= 4 is 24.3 Å². The zero-order valence-corrected chi connectivity index (χ0v) is 25.6. The van der Waals surface area contributed by atoms with Gasteiger partial charge in [0.15, 0.2) is 0 Å². The maximum absolute atomic E-state index is 14.0. The Bertz CT molecular complexity index is 1310. The molecule has 2 aromatic carbocycles. The van der Waals surface area contributed by atoms with E-state index in [4.69, 9.17) is 0 Å². The van der Waals surface area contributed by atoms with Gasteiger partial charge in [-0.15, -0.1) is 12.4 Å². The van der Waals surface area contributed by atoms with Crippen LogP contribution in [0.3, 0.4) is 0 Å². The Labute approximate surface area is 258 Å². The maximum atomic E-state index is 14.0. The lowest BCUT2D eigenvalue weighted by Crippen LogP contribution is -2.56. The molecular weight excluding hydrogens is 617 g/mol. The van der Waals surface area contributed by atoms with Crippen molar-refractivity contribution in [2.75, 3.05) is 39.8 Å². The quantitative estimate of drug-likeness (QED) is 0.332. The summed E-state index contributed by atoms with van der Waals surface area (Å²) in [6.07, 6.45) is -8.96. The number of amides is 3. The standard InChI is InChI=1S/C30H35F7N4O2.ClH/c1-18-13-24(31)5-6-26(18)27-17-25(40-11-9-39(10-12-40)20(3)42)7-8-41(27)28(43)38(4)19(2)21-14-22(29(32,33)34)16-23(15-21)30(35,36)37;/h5-6,13-16,19,25,27H,7-12,17H2,1-4H3;1H/t19-,25+,27-;/m1./s1. The third kappa shape index (κ3) is 7.77. The van der Waals surface area contributed by atoms with Crippen molar-refractivity contribution in [3.63, 3.8) is 0 Å². The first kappa shape index (κ1) is 35.4. The highest BCUT2D eigenvalue weighted by molar-refractivity contribution is 5.85. The summed E-state index contributed by atoms with van der Waals surface area (Å²) >= 11 is 0. The van der Waals surface area contributed by atoms with E-state index in [1.165, 1.54) is 33.0 Å². The zero-order valence-electron chi connectivity index (χ0n) is 24.8. The van der Waals surface area contributed by atoms with Gasteiger partial charge in [0.25, 0.3) is 0 Å². The summed E-state index contributed by atoms with van der Waals surface area (Å²) in [6, 6.07) is 3.46. The molecule has 44 heavy (non-hydrogen) atoms. The first-order valence-electron chi connectivity index (χ1n) is 14.1. The molecule has 14 heteroatoms. The van der Waals surface area contributed by atoms with E-state index in [1.54, 1.807) is 22.8 Å². The Hall–Kier alpha value is -3.06. The zero-order chi connectivity index (χ0) is 31.9. The van der Waals surface area contributed by atoms with Gasteiger partial charge in [0.2, 0.25) is 5.91 Å². The van der Waals surface area contributed by atoms with Crippen LogP contribution in [0.15, 0.2) is 36.4 Å². The molecule has 2 saturated heterocycles. The molecule has 6 nitrogen and oxygen atoms in total. The van der Waals surface area contributed by atoms with Crippen molar-refractivity contribution in [2.45, 2.75) is 64.1 Å². The molecule has 0 aromatic heterocycles. The minimum absolute atomic E-state index is 0. The van der Waals surface area contributed by atoms with E-state index in [9.17, 15) is 40.3 Å². The van der Waals surface area contributed by atoms with Crippen molar-refractivity contribution in [3.05, 3.63) is 70.0 Å². The number of alkyl halides is 6. The first-order chi connectivity index (χ1) is 20.0. The number of rotatable bonds is 4. The minimum atomic E-state index is -5.01. The van der Waals surface area contributed by atoms with Gasteiger partial charge in [-0.2, -0.15) is 26.3 Å². The molecule has 2 fully saturated rings. The lowest BCUT2D eigenvalue weighted by atomic mass is 9.88. The van der Waals surface area contributed by atoms with E-state index in [1.807, 2.05) is 0 Å². The summed E-state index contributed by atoms with van der Waals surface area (Å²) < 4.78 is 95.0. The smallest absolute Gasteiger partial charge is 0.340 e. The summed E-state index contributed by atoms with van der Waals surface area (Å²) in [6.45, 7) is 7.36. The molecule has 0 spiro atoms. The fourth-order valence-corrected chi connectivity index (χ4v) is 6.03. The average molecular weight is 653 g/mol. The second-order valence-corrected chi connectivity index (χ2v) is 11.3. The van der Waals surface area contributed by atoms with Crippen LogP contribution >= 0.6 is 12.4 Å². The second kappa shape index (κ2) is 13.5. The van der Waals surface area contributed by atoms with E-state index >= 15 is 0 Å². The number of hydrogen-bond donors (Lipinski definition) is 0. The van der Waals surface area contributed by atoms with E-state index in [0.717, 1.165) is 4.90 Å². The van der Waals surface area contributed by atoms with Crippen LogP contribution in [0.2, 0.25) is 0 Å². The molecule has 0 aliphatic carbocycles. The predicted molar refractivity (Wildman–Crippen MR) is 153 cm³/mol. The Morgan fingerprint density at radius 1 is 0.909 bits per heavy atom. The number of benzene rings is 2. The molecule has 3 atom stereocenters. The molecular formula is C30H36ClF7N4O2. The number of halogens is 8. The Kier molecular flexibility index (Phi) is 10.9. The molecule has 4 rings (SSSR count). The second-order valence-electron chi connectivity index (χ2n) is 11.3. The molecule has 3 amide bonds. The summed E-state index contributed by atoms with van der Waals surface area (Å²) in [4.78, 5) is 32.4. The van der Waals surface area contributed by atoms with E-state index in [2.05, 4.69) is 4.90 Å². The highest BCUT2D eigenvalue weighted by Gasteiger charge is 2.40. The van der Waals surface area contributed by atoms with Crippen LogP contribution in [-0.4, -0.2) is 77.4 Å². The molecule has 2 aromatic rings. The number of hydrogen-bond acceptors (Lipinski definition) is 3. The maximum Gasteiger partial charge on any atom is 0.416 e. The SMILES string of the molecule is CC(=O)N1CCN([C@H]2CCN(C(=O)N(C)[C@H](C)c3cc(C(F)(F)F)cc(C(F)(F)F)c3)[C@@H](c3ccc(F)cc3C)C2)CC1.Cl. The number of piperidine rings is 1. The Morgan fingerprint density at radius 2 is 1.48 bits per heavy atom. The largest absolute Gasteiger partial charge is 0.416 e. The summed E-state index contributed by atoms with van der Waals surface area (Å²) in [5, 5.41) is 0. The number of aryl methyl sites for hydroxylation is 1. The topological polar surface area (TPSA) is 47.1 Å². The lowest BCUT2D eigenvalue weighted by molar-refractivity contribution is -0.143. The van der Waals surface area contributed by atoms with E-state index < -0.39 is 47.4 Å². The third-order valence-electron chi connectivity index (χ3n) is 8.66. The van der Waals surface area contributed by atoms with Crippen LogP contribution in [0.25, 0.3) is 0 Å². The van der Waals surface area contributed by atoms with E-state index in [-0.39, 0.29) is 42.5 Å². The molecule has 2 heterocycles. The van der Waals surface area contributed by atoms with Gasteiger partial charge in [0.1, 0.15) is 5.82 Å². The van der Waals surface area contributed by atoms with Gasteiger partial charge >= 0.3 is 18.4 Å². The van der Waals surface area contributed by atoms with Gasteiger partial charge in [-0.3, -0.25) is 9.69 Å². The third-order valence-corrected chi connectivity index (χ3v) is 8.66. The van der Waals surface area contributed by atoms with Crippen LogP contribution < -0.4 is 0 Å². The summed E-state index contributed by atoms with van der Waals surface area (Å²) in [7, 11) is 1.35. The van der Waals surface area contributed by atoms with Crippen LogP contribution in [0.1, 0.15) is 66.6 Å².